The summed E-state index contributed by atoms with van der Waals surface area (Å²) in [6, 6.07) is 16.3. The first-order chi connectivity index (χ1) is 15.5. The lowest BCUT2D eigenvalue weighted by molar-refractivity contribution is -0.139. The van der Waals surface area contributed by atoms with Crippen molar-refractivity contribution in [1.29, 1.82) is 0 Å². The fourth-order valence-corrected chi connectivity index (χ4v) is 5.26. The number of hydrogen-bond donors (Lipinski definition) is 1. The number of hydrogen-bond acceptors (Lipinski definition) is 3. The number of amides is 2. The molecule has 1 N–H and O–H groups in total. The van der Waals surface area contributed by atoms with Gasteiger partial charge in [-0.25, -0.2) is 0 Å². The molecule has 0 aliphatic heterocycles. The Bertz CT molecular complexity index is 908. The van der Waals surface area contributed by atoms with E-state index < -0.39 is 6.04 Å². The standard InChI is InChI=1S/C27H36N2O2S/c1-4-25(27(31)28-24-14-7-8-15-24)29(17-23-13-6-5-11-21(23)3)26(30)19-32-18-22-12-9-10-20(2)16-22/h5-6,9-13,16,24-25H,4,7-8,14-15,17-19H2,1-3H3,(H,28,31). The fourth-order valence-electron chi connectivity index (χ4n) is 4.40. The molecule has 0 heterocycles. The zero-order valence-corrected chi connectivity index (χ0v) is 20.4. The molecule has 32 heavy (non-hydrogen) atoms. The number of carbonyl (C=O) groups excluding carboxylic acids is 2. The van der Waals surface area contributed by atoms with Crippen molar-refractivity contribution in [1.82, 2.24) is 10.2 Å². The van der Waals surface area contributed by atoms with Gasteiger partial charge in [-0.15, -0.1) is 11.8 Å². The second-order valence-electron chi connectivity index (χ2n) is 8.84. The van der Waals surface area contributed by atoms with Crippen LogP contribution in [0.4, 0.5) is 0 Å². The predicted octanol–water partition coefficient (Wildman–Crippen LogP) is 5.40. The third-order valence-corrected chi connectivity index (χ3v) is 7.25. The Kier molecular flexibility index (Phi) is 9.22. The van der Waals surface area contributed by atoms with Gasteiger partial charge in [-0.1, -0.05) is 73.9 Å². The summed E-state index contributed by atoms with van der Waals surface area (Å²) in [6.45, 7) is 6.60. The molecule has 3 rings (SSSR count). The summed E-state index contributed by atoms with van der Waals surface area (Å²) in [6.07, 6.45) is 5.03. The van der Waals surface area contributed by atoms with Gasteiger partial charge in [-0.05, 0) is 49.8 Å². The maximum absolute atomic E-state index is 13.4. The van der Waals surface area contributed by atoms with E-state index in [-0.39, 0.29) is 17.9 Å². The molecule has 0 saturated heterocycles. The summed E-state index contributed by atoms with van der Waals surface area (Å²) in [5.41, 5.74) is 4.69. The van der Waals surface area contributed by atoms with E-state index in [4.69, 9.17) is 0 Å². The van der Waals surface area contributed by atoms with Gasteiger partial charge in [-0.3, -0.25) is 9.59 Å². The lowest BCUT2D eigenvalue weighted by Gasteiger charge is -2.32. The molecule has 0 aromatic heterocycles. The van der Waals surface area contributed by atoms with E-state index in [0.717, 1.165) is 29.7 Å². The van der Waals surface area contributed by atoms with Gasteiger partial charge in [0, 0.05) is 18.3 Å². The lowest BCUT2D eigenvalue weighted by Crippen LogP contribution is -2.51. The maximum atomic E-state index is 13.4. The van der Waals surface area contributed by atoms with Crippen molar-refractivity contribution in [2.24, 2.45) is 0 Å². The zero-order valence-electron chi connectivity index (χ0n) is 19.6. The molecule has 2 aromatic carbocycles. The van der Waals surface area contributed by atoms with E-state index >= 15 is 0 Å². The number of nitrogens with zero attached hydrogens (tertiary/aromatic N) is 1. The molecule has 1 atom stereocenters. The second-order valence-corrected chi connectivity index (χ2v) is 9.83. The van der Waals surface area contributed by atoms with Gasteiger partial charge in [0.15, 0.2) is 0 Å². The van der Waals surface area contributed by atoms with Crippen LogP contribution in [-0.4, -0.2) is 34.6 Å². The van der Waals surface area contributed by atoms with Crippen LogP contribution in [0.3, 0.4) is 0 Å². The minimum atomic E-state index is -0.442. The molecular weight excluding hydrogens is 416 g/mol. The van der Waals surface area contributed by atoms with Crippen LogP contribution in [0.25, 0.3) is 0 Å². The molecule has 2 amide bonds. The highest BCUT2D eigenvalue weighted by atomic mass is 32.2. The van der Waals surface area contributed by atoms with Crippen LogP contribution < -0.4 is 5.32 Å². The highest BCUT2D eigenvalue weighted by Crippen LogP contribution is 2.21. The van der Waals surface area contributed by atoms with Crippen molar-refractivity contribution in [3.63, 3.8) is 0 Å². The van der Waals surface area contributed by atoms with E-state index in [2.05, 4.69) is 55.6 Å². The van der Waals surface area contributed by atoms with Crippen molar-refractivity contribution in [2.45, 2.75) is 77.3 Å². The Morgan fingerprint density at radius 1 is 1.09 bits per heavy atom. The smallest absolute Gasteiger partial charge is 0.243 e. The Balaban J connectivity index is 1.71. The lowest BCUT2D eigenvalue weighted by atomic mass is 10.1. The first kappa shape index (κ1) is 24.4. The topological polar surface area (TPSA) is 49.4 Å². The quantitative estimate of drug-likeness (QED) is 0.525. The van der Waals surface area contributed by atoms with Crippen LogP contribution >= 0.6 is 11.8 Å². The molecule has 1 aliphatic carbocycles. The van der Waals surface area contributed by atoms with Crippen LogP contribution in [0.5, 0.6) is 0 Å². The van der Waals surface area contributed by atoms with E-state index in [1.54, 1.807) is 16.7 Å². The van der Waals surface area contributed by atoms with Gasteiger partial charge in [0.25, 0.3) is 0 Å². The zero-order chi connectivity index (χ0) is 22.9. The highest BCUT2D eigenvalue weighted by molar-refractivity contribution is 7.99. The number of nitrogens with one attached hydrogen (secondary N) is 1. The number of carbonyl (C=O) groups is 2. The minimum Gasteiger partial charge on any atom is -0.352 e. The van der Waals surface area contributed by atoms with Gasteiger partial charge in [0.2, 0.25) is 11.8 Å². The summed E-state index contributed by atoms with van der Waals surface area (Å²) >= 11 is 1.62. The number of rotatable bonds is 10. The largest absolute Gasteiger partial charge is 0.352 e. The Morgan fingerprint density at radius 3 is 2.53 bits per heavy atom. The van der Waals surface area contributed by atoms with E-state index in [1.807, 2.05) is 19.1 Å². The van der Waals surface area contributed by atoms with Gasteiger partial charge in [-0.2, -0.15) is 0 Å². The van der Waals surface area contributed by atoms with Crippen LogP contribution in [0, 0.1) is 13.8 Å². The monoisotopic (exact) mass is 452 g/mol. The highest BCUT2D eigenvalue weighted by Gasteiger charge is 2.30. The molecular formula is C27H36N2O2S. The Labute approximate surface area is 197 Å². The first-order valence-electron chi connectivity index (χ1n) is 11.8. The van der Waals surface area contributed by atoms with Crippen LogP contribution in [0.15, 0.2) is 48.5 Å². The van der Waals surface area contributed by atoms with Gasteiger partial charge in [0.05, 0.1) is 5.75 Å². The third-order valence-electron chi connectivity index (χ3n) is 6.27. The third kappa shape index (κ3) is 6.86. The van der Waals surface area contributed by atoms with Gasteiger partial charge >= 0.3 is 0 Å². The SMILES string of the molecule is CCC(C(=O)NC1CCCC1)N(Cc1ccccc1C)C(=O)CSCc1cccc(C)c1. The fraction of sp³-hybridized carbons (Fsp3) is 0.481. The summed E-state index contributed by atoms with van der Waals surface area (Å²) < 4.78 is 0. The molecule has 4 nitrogen and oxygen atoms in total. The van der Waals surface area contributed by atoms with Crippen molar-refractivity contribution >= 4 is 23.6 Å². The normalized spacial score (nSPS) is 14.8. The van der Waals surface area contributed by atoms with E-state index in [0.29, 0.717) is 18.7 Å². The molecule has 1 fully saturated rings. The summed E-state index contributed by atoms with van der Waals surface area (Å²) in [4.78, 5) is 28.4. The van der Waals surface area contributed by atoms with Crippen LogP contribution in [0.1, 0.15) is 61.3 Å². The first-order valence-corrected chi connectivity index (χ1v) is 12.9. The molecule has 2 aromatic rings. The Morgan fingerprint density at radius 2 is 1.84 bits per heavy atom. The van der Waals surface area contributed by atoms with E-state index in [1.165, 1.54) is 24.0 Å². The van der Waals surface area contributed by atoms with Crippen molar-refractivity contribution in [2.75, 3.05) is 5.75 Å². The van der Waals surface area contributed by atoms with Crippen LogP contribution in [-0.2, 0) is 21.9 Å². The van der Waals surface area contributed by atoms with Gasteiger partial charge < -0.3 is 10.2 Å². The second kappa shape index (κ2) is 12.1. The molecule has 1 saturated carbocycles. The molecule has 1 aliphatic rings. The average Bonchev–Trinajstić information content (AvgIpc) is 3.28. The molecule has 1 unspecified atom stereocenters. The van der Waals surface area contributed by atoms with E-state index in [9.17, 15) is 9.59 Å². The maximum Gasteiger partial charge on any atom is 0.243 e. The van der Waals surface area contributed by atoms with Crippen molar-refractivity contribution < 1.29 is 9.59 Å². The minimum absolute atomic E-state index is 0.00924. The predicted molar refractivity (Wildman–Crippen MR) is 134 cm³/mol. The molecule has 5 heteroatoms. The molecule has 0 spiro atoms. The van der Waals surface area contributed by atoms with Crippen molar-refractivity contribution in [3.8, 4) is 0 Å². The number of thioether (sulfide) groups is 1. The number of benzene rings is 2. The molecule has 0 radical (unpaired) electrons. The van der Waals surface area contributed by atoms with Gasteiger partial charge in [0.1, 0.15) is 6.04 Å². The average molecular weight is 453 g/mol. The molecule has 172 valence electrons. The summed E-state index contributed by atoms with van der Waals surface area (Å²) in [5.74, 6) is 1.17. The van der Waals surface area contributed by atoms with Crippen LogP contribution in [0.2, 0.25) is 0 Å². The Hall–Kier alpha value is -2.27. The summed E-state index contributed by atoms with van der Waals surface area (Å²) in [5, 5.41) is 3.21. The van der Waals surface area contributed by atoms with Crippen molar-refractivity contribution in [3.05, 3.63) is 70.8 Å². The number of aryl methyl sites for hydroxylation is 2. The summed E-state index contributed by atoms with van der Waals surface area (Å²) in [7, 11) is 0. The molecule has 0 bridgehead atoms.